The van der Waals surface area contributed by atoms with Crippen LogP contribution in [-0.2, 0) is 12.8 Å². The van der Waals surface area contributed by atoms with Gasteiger partial charge in [-0.3, -0.25) is 14.9 Å². The molecule has 2 heterocycles. The maximum Gasteiger partial charge on any atom is 0.280 e. The van der Waals surface area contributed by atoms with E-state index in [1.165, 1.54) is 10.9 Å². The van der Waals surface area contributed by atoms with E-state index in [0.717, 1.165) is 42.5 Å². The second-order valence-corrected chi connectivity index (χ2v) is 9.53. The number of carbonyl (C=O) groups excluding carboxylic acids is 1. The fourth-order valence-electron chi connectivity index (χ4n) is 4.28. The summed E-state index contributed by atoms with van der Waals surface area (Å²) in [5.41, 5.74) is 3.64. The van der Waals surface area contributed by atoms with E-state index in [4.69, 9.17) is 4.42 Å². The lowest BCUT2D eigenvalue weighted by atomic mass is 9.95. The molecule has 0 unspecified atom stereocenters. The molecule has 0 spiro atoms. The molecule has 7 nitrogen and oxygen atoms in total. The predicted octanol–water partition coefficient (Wildman–Crippen LogP) is 7.11. The Hall–Kier alpha value is -4.04. The van der Waals surface area contributed by atoms with E-state index < -0.39 is 4.92 Å². The van der Waals surface area contributed by atoms with Gasteiger partial charge in [-0.1, -0.05) is 24.3 Å². The molecule has 4 aromatic rings. The molecule has 1 aliphatic rings. The van der Waals surface area contributed by atoms with Crippen molar-refractivity contribution in [1.29, 1.82) is 0 Å². The summed E-state index contributed by atoms with van der Waals surface area (Å²) in [6, 6.07) is 17.8. The van der Waals surface area contributed by atoms with Crippen LogP contribution in [0.1, 0.15) is 45.0 Å². The Kier molecular flexibility index (Phi) is 6.29. The summed E-state index contributed by atoms with van der Waals surface area (Å²) in [6.45, 7) is 1.81. The van der Waals surface area contributed by atoms with Crippen molar-refractivity contribution in [2.24, 2.45) is 4.99 Å². The van der Waals surface area contributed by atoms with Crippen LogP contribution in [0.25, 0.3) is 11.3 Å². The molecular weight excluding hydrogens is 462 g/mol. The number of rotatable bonds is 6. The summed E-state index contributed by atoms with van der Waals surface area (Å²) >= 11 is 1.54. The van der Waals surface area contributed by atoms with Crippen LogP contribution in [0.15, 0.2) is 70.1 Å². The molecule has 2 aromatic carbocycles. The fraction of sp³-hybridized carbons (Fsp3) is 0.185. The lowest BCUT2D eigenvalue weighted by Crippen LogP contribution is -2.14. The van der Waals surface area contributed by atoms with Gasteiger partial charge in [0.25, 0.3) is 11.6 Å². The van der Waals surface area contributed by atoms with Gasteiger partial charge in [0.2, 0.25) is 0 Å². The third kappa shape index (κ3) is 4.79. The first kappa shape index (κ1) is 22.7. The Balaban J connectivity index is 1.45. The molecule has 0 radical (unpaired) electrons. The van der Waals surface area contributed by atoms with E-state index in [2.05, 4.69) is 10.3 Å². The highest BCUT2D eigenvalue weighted by molar-refractivity contribution is 7.16. The zero-order valence-electron chi connectivity index (χ0n) is 19.1. The molecule has 0 bridgehead atoms. The highest BCUT2D eigenvalue weighted by Gasteiger charge is 2.25. The van der Waals surface area contributed by atoms with Crippen molar-refractivity contribution in [3.63, 3.8) is 0 Å². The minimum Gasteiger partial charge on any atom is -0.455 e. The fourth-order valence-corrected chi connectivity index (χ4v) is 5.51. The largest absolute Gasteiger partial charge is 0.455 e. The molecule has 2 aromatic heterocycles. The zero-order valence-corrected chi connectivity index (χ0v) is 19.9. The van der Waals surface area contributed by atoms with Gasteiger partial charge in [0.15, 0.2) is 0 Å². The molecule has 1 N–H and O–H groups in total. The van der Waals surface area contributed by atoms with Gasteiger partial charge in [0, 0.05) is 16.6 Å². The Morgan fingerprint density at radius 1 is 1.11 bits per heavy atom. The van der Waals surface area contributed by atoms with Crippen LogP contribution in [0.4, 0.5) is 16.4 Å². The van der Waals surface area contributed by atoms with Crippen molar-refractivity contribution >= 4 is 39.8 Å². The molecule has 35 heavy (non-hydrogen) atoms. The van der Waals surface area contributed by atoms with Crippen LogP contribution in [0, 0.1) is 17.0 Å². The van der Waals surface area contributed by atoms with Gasteiger partial charge in [-0.25, -0.2) is 4.99 Å². The van der Waals surface area contributed by atoms with Gasteiger partial charge in [0.05, 0.1) is 22.3 Å². The molecule has 0 fully saturated rings. The third-order valence-electron chi connectivity index (χ3n) is 5.96. The van der Waals surface area contributed by atoms with Crippen LogP contribution >= 0.6 is 11.3 Å². The number of carbonyl (C=O) groups is 1. The zero-order chi connectivity index (χ0) is 24.4. The van der Waals surface area contributed by atoms with Gasteiger partial charge in [0.1, 0.15) is 16.5 Å². The summed E-state index contributed by atoms with van der Waals surface area (Å²) in [4.78, 5) is 30.1. The number of nitrogens with one attached hydrogen (secondary N) is 1. The first-order valence-corrected chi connectivity index (χ1v) is 12.2. The normalized spacial score (nSPS) is 13.1. The number of fused-ring (bicyclic) bond motifs is 1. The summed E-state index contributed by atoms with van der Waals surface area (Å²) < 4.78 is 5.87. The average Bonchev–Trinajstić information content (AvgIpc) is 3.47. The van der Waals surface area contributed by atoms with Gasteiger partial charge >= 0.3 is 0 Å². The predicted molar refractivity (Wildman–Crippen MR) is 138 cm³/mol. The van der Waals surface area contributed by atoms with Crippen LogP contribution < -0.4 is 5.32 Å². The standard InChI is InChI=1S/C27H23N3O4S/c1-17-11-13-20(22(15-17)30(32)33)23-14-12-19(34-23)16-28-27-25(21-9-5-6-10-24(21)35-27)26(31)29-18-7-3-2-4-8-18/h2-4,7-8,11-16H,5-6,9-10H2,1H3,(H,29,31). The number of aliphatic imine (C=N–C) groups is 1. The maximum absolute atomic E-state index is 13.2. The number of nitrogens with zero attached hydrogens (tertiary/aromatic N) is 2. The average molecular weight is 486 g/mol. The van der Waals surface area contributed by atoms with Crippen molar-refractivity contribution in [3.8, 4) is 11.3 Å². The third-order valence-corrected chi connectivity index (χ3v) is 7.16. The van der Waals surface area contributed by atoms with Gasteiger partial charge in [-0.2, -0.15) is 0 Å². The van der Waals surface area contributed by atoms with E-state index >= 15 is 0 Å². The molecule has 8 heteroatoms. The van der Waals surface area contributed by atoms with Gasteiger partial charge in [-0.05, 0) is 74.1 Å². The molecule has 1 amide bonds. The van der Waals surface area contributed by atoms with E-state index in [1.54, 1.807) is 35.8 Å². The van der Waals surface area contributed by atoms with Crippen LogP contribution in [0.5, 0.6) is 0 Å². The minimum atomic E-state index is -0.410. The van der Waals surface area contributed by atoms with Crippen LogP contribution in [0.3, 0.4) is 0 Å². The number of amides is 1. The highest BCUT2D eigenvalue weighted by Crippen LogP contribution is 2.40. The lowest BCUT2D eigenvalue weighted by Gasteiger charge is -2.12. The maximum atomic E-state index is 13.2. The van der Waals surface area contributed by atoms with E-state index in [9.17, 15) is 14.9 Å². The minimum absolute atomic E-state index is 0.00589. The Bertz CT molecular complexity index is 1440. The second kappa shape index (κ2) is 9.68. The lowest BCUT2D eigenvalue weighted by molar-refractivity contribution is -0.384. The molecule has 0 saturated heterocycles. The van der Waals surface area contributed by atoms with Crippen molar-refractivity contribution in [2.75, 3.05) is 5.32 Å². The molecule has 1 aliphatic carbocycles. The molecule has 0 saturated carbocycles. The number of hydrogen-bond acceptors (Lipinski definition) is 6. The van der Waals surface area contributed by atoms with Crippen LogP contribution in [-0.4, -0.2) is 17.0 Å². The first-order chi connectivity index (χ1) is 17.0. The van der Waals surface area contributed by atoms with Crippen molar-refractivity contribution in [1.82, 2.24) is 0 Å². The summed E-state index contributed by atoms with van der Waals surface area (Å²) in [5.74, 6) is 0.680. The number of aryl methyl sites for hydroxylation is 2. The number of benzene rings is 2. The van der Waals surface area contributed by atoms with Crippen molar-refractivity contribution in [2.45, 2.75) is 32.6 Å². The smallest absolute Gasteiger partial charge is 0.280 e. The Labute approximate surface area is 206 Å². The summed E-state index contributed by atoms with van der Waals surface area (Å²) in [6.07, 6.45) is 5.53. The number of thiophene rings is 1. The van der Waals surface area contributed by atoms with Gasteiger partial charge in [-0.15, -0.1) is 11.3 Å². The van der Waals surface area contributed by atoms with Crippen molar-refractivity contribution < 1.29 is 14.1 Å². The highest BCUT2D eigenvalue weighted by atomic mass is 32.1. The monoisotopic (exact) mass is 485 g/mol. The molecule has 0 aliphatic heterocycles. The summed E-state index contributed by atoms with van der Waals surface area (Å²) in [7, 11) is 0. The number of hydrogen-bond donors (Lipinski definition) is 1. The number of anilines is 1. The van der Waals surface area contributed by atoms with Gasteiger partial charge < -0.3 is 9.73 Å². The Morgan fingerprint density at radius 3 is 2.71 bits per heavy atom. The SMILES string of the molecule is Cc1ccc(-c2ccc(C=Nc3sc4c(c3C(=O)Nc3ccccc3)CCCC4)o2)c([N+](=O)[O-])c1. The number of nitro benzene ring substituents is 1. The second-order valence-electron chi connectivity index (χ2n) is 8.45. The van der Waals surface area contributed by atoms with E-state index in [1.807, 2.05) is 43.3 Å². The quantitative estimate of drug-likeness (QED) is 0.179. The van der Waals surface area contributed by atoms with Crippen LogP contribution in [0.2, 0.25) is 0 Å². The molecule has 176 valence electrons. The van der Waals surface area contributed by atoms with E-state index in [-0.39, 0.29) is 11.6 Å². The van der Waals surface area contributed by atoms with E-state index in [0.29, 0.717) is 27.6 Å². The number of para-hydroxylation sites is 1. The summed E-state index contributed by atoms with van der Waals surface area (Å²) in [5, 5.41) is 15.1. The Morgan fingerprint density at radius 2 is 1.91 bits per heavy atom. The number of furan rings is 1. The van der Waals surface area contributed by atoms with Crippen molar-refractivity contribution in [3.05, 3.63) is 98.1 Å². The first-order valence-electron chi connectivity index (χ1n) is 11.4. The number of nitro groups is 1. The topological polar surface area (TPSA) is 97.7 Å². The molecular formula is C27H23N3O4S. The molecule has 5 rings (SSSR count). The molecule has 0 atom stereocenters.